The van der Waals surface area contributed by atoms with Gasteiger partial charge < -0.3 is 20.4 Å². The average molecular weight is 460 g/mol. The van der Waals surface area contributed by atoms with Crippen LogP contribution in [-0.4, -0.2) is 92.0 Å². The Morgan fingerprint density at radius 2 is 1.50 bits per heavy atom. The lowest BCUT2D eigenvalue weighted by atomic mass is 10.1. The van der Waals surface area contributed by atoms with E-state index in [1.165, 1.54) is 0 Å². The Bertz CT molecular complexity index is 670. The fraction of sp³-hybridized carbons (Fsp3) is 0.619. The number of para-hydroxylation sites is 1. The molecule has 1 aromatic carbocycles. The number of amides is 2. The van der Waals surface area contributed by atoms with E-state index in [2.05, 4.69) is 20.4 Å². The van der Waals surface area contributed by atoms with Gasteiger partial charge in [-0.3, -0.25) is 14.5 Å². The molecule has 7 nitrogen and oxygen atoms in total. The van der Waals surface area contributed by atoms with Gasteiger partial charge in [0.25, 0.3) is 0 Å². The molecule has 0 aliphatic carbocycles. The molecule has 0 atom stereocenters. The molecule has 30 heavy (non-hydrogen) atoms. The second-order valence-electron chi connectivity index (χ2n) is 7.81. The van der Waals surface area contributed by atoms with Crippen LogP contribution in [0.15, 0.2) is 18.2 Å². The number of aryl methyl sites for hydroxylation is 2. The minimum atomic E-state index is 0. The molecule has 0 saturated carbocycles. The van der Waals surface area contributed by atoms with Crippen molar-refractivity contribution in [1.82, 2.24) is 20.0 Å². The van der Waals surface area contributed by atoms with Gasteiger partial charge in [-0.05, 0) is 25.0 Å². The van der Waals surface area contributed by atoms with Crippen LogP contribution in [0.2, 0.25) is 0 Å². The van der Waals surface area contributed by atoms with E-state index in [4.69, 9.17) is 0 Å². The Balaban J connectivity index is 0.00000225. The number of halogens is 2. The molecule has 2 saturated heterocycles. The standard InChI is InChI=1S/C21H33N5O2.2ClH/c1-17-4-3-5-18(2)21(17)23-19(27)16-25-14-12-24(13-15-25)9-6-20(28)26-10-7-22-8-11-26;;/h3-5,22H,6-16H2,1-2H3,(H,23,27);2*1H. The van der Waals surface area contributed by atoms with Crippen molar-refractivity contribution >= 4 is 42.3 Å². The highest BCUT2D eigenvalue weighted by Crippen LogP contribution is 2.19. The summed E-state index contributed by atoms with van der Waals surface area (Å²) in [6.07, 6.45) is 0.590. The summed E-state index contributed by atoms with van der Waals surface area (Å²) in [5.41, 5.74) is 3.11. The van der Waals surface area contributed by atoms with Gasteiger partial charge in [-0.25, -0.2) is 0 Å². The summed E-state index contributed by atoms with van der Waals surface area (Å²) >= 11 is 0. The summed E-state index contributed by atoms with van der Waals surface area (Å²) in [4.78, 5) is 31.2. The van der Waals surface area contributed by atoms with Crippen LogP contribution in [0.4, 0.5) is 5.69 Å². The Kier molecular flexibility index (Phi) is 11.7. The summed E-state index contributed by atoms with van der Waals surface area (Å²) in [7, 11) is 0. The molecule has 2 N–H and O–H groups in total. The molecule has 3 rings (SSSR count). The lowest BCUT2D eigenvalue weighted by Gasteiger charge is -2.35. The molecular formula is C21H35Cl2N5O2. The zero-order valence-electron chi connectivity index (χ0n) is 18.0. The number of nitrogens with zero attached hydrogens (tertiary/aromatic N) is 3. The van der Waals surface area contributed by atoms with Crippen molar-refractivity contribution in [2.75, 3.05) is 70.8 Å². The maximum Gasteiger partial charge on any atom is 0.238 e. The molecule has 0 aromatic heterocycles. The molecule has 1 aromatic rings. The van der Waals surface area contributed by atoms with E-state index in [0.717, 1.165) is 75.7 Å². The number of piperazine rings is 2. The van der Waals surface area contributed by atoms with Gasteiger partial charge in [-0.15, -0.1) is 24.8 Å². The van der Waals surface area contributed by atoms with E-state index in [0.29, 0.717) is 13.0 Å². The molecular weight excluding hydrogens is 425 g/mol. The Morgan fingerprint density at radius 1 is 0.933 bits per heavy atom. The molecule has 2 fully saturated rings. The first kappa shape index (κ1) is 26.7. The number of carbonyl (C=O) groups is 2. The third kappa shape index (κ3) is 7.71. The van der Waals surface area contributed by atoms with Crippen LogP contribution in [0.1, 0.15) is 17.5 Å². The van der Waals surface area contributed by atoms with E-state index in [1.54, 1.807) is 0 Å². The van der Waals surface area contributed by atoms with Crippen LogP contribution in [0.3, 0.4) is 0 Å². The molecule has 9 heteroatoms. The summed E-state index contributed by atoms with van der Waals surface area (Å²) < 4.78 is 0. The van der Waals surface area contributed by atoms with E-state index in [1.807, 2.05) is 36.9 Å². The van der Waals surface area contributed by atoms with Crippen LogP contribution >= 0.6 is 24.8 Å². The van der Waals surface area contributed by atoms with Gasteiger partial charge in [0.15, 0.2) is 0 Å². The maximum atomic E-state index is 12.4. The van der Waals surface area contributed by atoms with Crippen molar-refractivity contribution in [3.8, 4) is 0 Å². The summed E-state index contributed by atoms with van der Waals surface area (Å²) in [5.74, 6) is 0.302. The topological polar surface area (TPSA) is 67.9 Å². The smallest absolute Gasteiger partial charge is 0.238 e. The predicted octanol–water partition coefficient (Wildman–Crippen LogP) is 1.53. The van der Waals surface area contributed by atoms with Crippen LogP contribution in [-0.2, 0) is 9.59 Å². The highest BCUT2D eigenvalue weighted by Gasteiger charge is 2.21. The molecule has 2 heterocycles. The van der Waals surface area contributed by atoms with E-state index < -0.39 is 0 Å². The molecule has 0 unspecified atom stereocenters. The van der Waals surface area contributed by atoms with Crippen molar-refractivity contribution < 1.29 is 9.59 Å². The Labute approximate surface area is 192 Å². The fourth-order valence-electron chi connectivity index (χ4n) is 3.89. The SMILES string of the molecule is Cc1cccc(C)c1NC(=O)CN1CCN(CCC(=O)N2CCNCC2)CC1.Cl.Cl. The number of hydrogen-bond donors (Lipinski definition) is 2. The number of carbonyl (C=O) groups excluding carboxylic acids is 2. The average Bonchev–Trinajstić information content (AvgIpc) is 2.71. The highest BCUT2D eigenvalue weighted by atomic mass is 35.5. The third-order valence-electron chi connectivity index (χ3n) is 5.69. The fourth-order valence-corrected chi connectivity index (χ4v) is 3.89. The van der Waals surface area contributed by atoms with Crippen LogP contribution < -0.4 is 10.6 Å². The van der Waals surface area contributed by atoms with Crippen LogP contribution in [0.25, 0.3) is 0 Å². The largest absolute Gasteiger partial charge is 0.340 e. The lowest BCUT2D eigenvalue weighted by Crippen LogP contribution is -2.50. The van der Waals surface area contributed by atoms with Crippen molar-refractivity contribution in [3.05, 3.63) is 29.3 Å². The van der Waals surface area contributed by atoms with Gasteiger partial charge in [0.05, 0.1) is 6.54 Å². The maximum absolute atomic E-state index is 12.4. The second-order valence-corrected chi connectivity index (χ2v) is 7.81. The third-order valence-corrected chi connectivity index (χ3v) is 5.69. The van der Waals surface area contributed by atoms with Crippen molar-refractivity contribution in [2.45, 2.75) is 20.3 Å². The molecule has 0 bridgehead atoms. The zero-order valence-corrected chi connectivity index (χ0v) is 19.6. The van der Waals surface area contributed by atoms with E-state index in [9.17, 15) is 9.59 Å². The minimum Gasteiger partial charge on any atom is -0.340 e. The normalized spacial score (nSPS) is 17.6. The number of hydrogen-bond acceptors (Lipinski definition) is 5. The lowest BCUT2D eigenvalue weighted by molar-refractivity contribution is -0.132. The van der Waals surface area contributed by atoms with Crippen molar-refractivity contribution in [1.29, 1.82) is 0 Å². The monoisotopic (exact) mass is 459 g/mol. The van der Waals surface area contributed by atoms with Gasteiger partial charge >= 0.3 is 0 Å². The van der Waals surface area contributed by atoms with Gasteiger partial charge in [-0.1, -0.05) is 18.2 Å². The first-order valence-electron chi connectivity index (χ1n) is 10.3. The molecule has 170 valence electrons. The summed E-state index contributed by atoms with van der Waals surface area (Å²) in [5, 5.41) is 6.34. The molecule has 0 radical (unpaired) electrons. The predicted molar refractivity (Wildman–Crippen MR) is 126 cm³/mol. The van der Waals surface area contributed by atoms with Crippen LogP contribution in [0, 0.1) is 13.8 Å². The van der Waals surface area contributed by atoms with E-state index >= 15 is 0 Å². The quantitative estimate of drug-likeness (QED) is 0.674. The highest BCUT2D eigenvalue weighted by molar-refractivity contribution is 5.93. The molecule has 2 amide bonds. The molecule has 2 aliphatic rings. The van der Waals surface area contributed by atoms with Gasteiger partial charge in [0, 0.05) is 71.0 Å². The number of rotatable bonds is 6. The van der Waals surface area contributed by atoms with Gasteiger partial charge in [0.2, 0.25) is 11.8 Å². The molecule has 2 aliphatic heterocycles. The summed E-state index contributed by atoms with van der Waals surface area (Å²) in [6, 6.07) is 6.04. The second kappa shape index (κ2) is 13.1. The van der Waals surface area contributed by atoms with E-state index in [-0.39, 0.29) is 36.6 Å². The van der Waals surface area contributed by atoms with Crippen molar-refractivity contribution in [3.63, 3.8) is 0 Å². The Morgan fingerprint density at radius 3 is 2.10 bits per heavy atom. The van der Waals surface area contributed by atoms with Crippen LogP contribution in [0.5, 0.6) is 0 Å². The minimum absolute atomic E-state index is 0. The zero-order chi connectivity index (χ0) is 19.9. The number of benzene rings is 1. The van der Waals surface area contributed by atoms with Crippen molar-refractivity contribution in [2.24, 2.45) is 0 Å². The first-order chi connectivity index (χ1) is 13.5. The Hall–Kier alpha value is -1.38. The first-order valence-corrected chi connectivity index (χ1v) is 10.3. The molecule has 0 spiro atoms. The van der Waals surface area contributed by atoms with Gasteiger partial charge in [-0.2, -0.15) is 0 Å². The summed E-state index contributed by atoms with van der Waals surface area (Å²) in [6.45, 7) is 12.2. The number of anilines is 1. The number of nitrogens with one attached hydrogen (secondary N) is 2. The van der Waals surface area contributed by atoms with Gasteiger partial charge in [0.1, 0.15) is 0 Å².